The van der Waals surface area contributed by atoms with Crippen molar-refractivity contribution in [3.05, 3.63) is 489 Å². The molecule has 0 aromatic heterocycles. The maximum Gasteiger partial charge on any atom is 0.411 e. The smallest absolute Gasteiger partial charge is 0.411 e. The minimum atomic E-state index is -5.55. The van der Waals surface area contributed by atoms with Gasteiger partial charge in [0.2, 0.25) is 15.3 Å². The van der Waals surface area contributed by atoms with Crippen molar-refractivity contribution in [2.24, 2.45) is 0 Å². The number of rotatable bonds is 13. The number of hydrogen-bond acceptors (Lipinski definition) is 4. The van der Waals surface area contributed by atoms with E-state index >= 15 is 0 Å². The number of ketones is 1. The lowest BCUT2D eigenvalue weighted by molar-refractivity contribution is -0.288. The van der Waals surface area contributed by atoms with E-state index < -0.39 is 38.7 Å². The van der Waals surface area contributed by atoms with Gasteiger partial charge in [0.25, 0.3) is 0 Å². The molecule has 0 atom stereocenters. The highest BCUT2D eigenvalue weighted by Crippen LogP contribution is 2.57. The van der Waals surface area contributed by atoms with Gasteiger partial charge in [0.15, 0.2) is 5.78 Å². The van der Waals surface area contributed by atoms with Gasteiger partial charge in [-0.25, -0.2) is 8.42 Å². The first-order chi connectivity index (χ1) is 65.7. The molecule has 0 aliphatic heterocycles. The van der Waals surface area contributed by atoms with E-state index in [9.17, 15) is 39.6 Å². The van der Waals surface area contributed by atoms with Gasteiger partial charge in [0.05, 0.1) is 9.79 Å². The standard InChI is InChI=1S/C19H18F6.C19H24.C17H18O.C17H20.C16H18O2S.C16H18O.C16H18.C10H14/c1-11-5-7-15(9-13(11)3)17(18(20,21)22,19(23,24)25)16-8-6-12(2)14(4)10-16;1-13-7-9-17(11-15(13)3)19(5,6)18-10-8-14(2)16(4)12-18;1-11-5-7-15(9-13(11)3)17(18)16-8-6-12(2)14(4)10-16;1-12-5-7-16(9-14(12)3)11-17-8-6-13(2)15(4)10-17;1-11-5-7-15(9-13(11)3)19(17,18)16-8-6-12(2)14(4)10-16;1-11-5-7-15(9-13(11)3)17-16-8-6-12(2)14(4)10-16;1-11-5-7-15(9-13(11)3)16-8-6-12(2)14(4)10-16;1-7-5-9(3)10(4)6-8(7)2/h5-10H,1-4H3;7-12H,1-6H3;5-10H,1-4H3;5-10H,11H2,1-4H3;5-10H,1-4H3;5-10H,1-4H3;5-10H,1-4H3;5-6H,1-4H3. The molecule has 141 heavy (non-hydrogen) atoms. The fraction of sp³-hybridized carbons (Fsp3) is 0.300. The van der Waals surface area contributed by atoms with Gasteiger partial charge in [-0.05, 0) is 511 Å². The van der Waals surface area contributed by atoms with Crippen molar-refractivity contribution in [3.63, 3.8) is 0 Å². The van der Waals surface area contributed by atoms with Crippen molar-refractivity contribution >= 4 is 15.6 Å². The summed E-state index contributed by atoms with van der Waals surface area (Å²) in [5.74, 6) is 1.90. The lowest BCUT2D eigenvalue weighted by atomic mass is 9.71. The van der Waals surface area contributed by atoms with Gasteiger partial charge < -0.3 is 4.74 Å². The molecule has 0 unspecified atom stereocenters. The van der Waals surface area contributed by atoms with Gasteiger partial charge in [-0.15, -0.1) is 0 Å². The number of sulfone groups is 1. The van der Waals surface area contributed by atoms with Crippen LogP contribution in [0.4, 0.5) is 26.3 Å². The highest BCUT2D eigenvalue weighted by molar-refractivity contribution is 7.91. The normalized spacial score (nSPS) is 11.2. The second kappa shape index (κ2) is 48.7. The molecule has 0 amide bonds. The molecule has 4 nitrogen and oxygen atoms in total. The molecular formula is C130H148F6O4S. The third kappa shape index (κ3) is 29.7. The molecule has 15 aromatic rings. The number of hydrogen-bond donors (Lipinski definition) is 0. The number of halogens is 6. The fourth-order valence-corrected chi connectivity index (χ4v) is 17.3. The van der Waals surface area contributed by atoms with Crippen LogP contribution in [0.1, 0.15) is 241 Å². The van der Waals surface area contributed by atoms with Crippen molar-refractivity contribution in [2.45, 2.75) is 275 Å². The molecule has 0 aliphatic carbocycles. The highest BCUT2D eigenvalue weighted by Gasteiger charge is 2.72. The van der Waals surface area contributed by atoms with E-state index in [-0.39, 0.29) is 11.2 Å². The van der Waals surface area contributed by atoms with E-state index in [0.29, 0.717) is 32.0 Å². The van der Waals surface area contributed by atoms with Gasteiger partial charge in [0, 0.05) is 16.5 Å². The Bertz CT molecular complexity index is 6560. The Morgan fingerprint density at radius 1 is 0.220 bits per heavy atom. The molecule has 0 bridgehead atoms. The lowest BCUT2D eigenvalue weighted by Crippen LogP contribution is -2.54. The number of alkyl halides is 6. The summed E-state index contributed by atoms with van der Waals surface area (Å²) in [4.78, 5) is 13.1. The fourth-order valence-electron chi connectivity index (χ4n) is 15.9. The molecule has 15 rings (SSSR count). The minimum absolute atomic E-state index is 0.0525. The predicted molar refractivity (Wildman–Crippen MR) is 584 cm³/mol. The number of benzene rings is 15. The molecule has 0 N–H and O–H groups in total. The first-order valence-corrected chi connectivity index (χ1v) is 49.9. The second-order valence-corrected chi connectivity index (χ2v) is 41.7. The van der Waals surface area contributed by atoms with Gasteiger partial charge in [0.1, 0.15) is 11.5 Å². The lowest BCUT2D eigenvalue weighted by Gasteiger charge is -2.38. The van der Waals surface area contributed by atoms with Crippen LogP contribution in [0.3, 0.4) is 0 Å². The van der Waals surface area contributed by atoms with Crippen molar-refractivity contribution in [1.29, 1.82) is 0 Å². The van der Waals surface area contributed by atoms with Gasteiger partial charge in [-0.2, -0.15) is 26.3 Å². The molecule has 0 aliphatic rings. The molecule has 11 heteroatoms. The number of aryl methyl sites for hydroxylation is 32. The van der Waals surface area contributed by atoms with E-state index in [1.165, 1.54) is 182 Å². The third-order valence-corrected chi connectivity index (χ3v) is 30.3. The summed E-state index contributed by atoms with van der Waals surface area (Å²) < 4.78 is 115. The largest absolute Gasteiger partial charge is 0.457 e. The molecule has 0 saturated carbocycles. The molecular weight excluding hydrogens is 1770 g/mol. The Hall–Kier alpha value is -12.7. The third-order valence-electron chi connectivity index (χ3n) is 28.5. The molecule has 0 fully saturated rings. The second-order valence-electron chi connectivity index (χ2n) is 39.7. The summed E-state index contributed by atoms with van der Waals surface area (Å²) >= 11 is 0. The van der Waals surface area contributed by atoms with Crippen molar-refractivity contribution < 1.29 is 44.3 Å². The Balaban J connectivity index is 0.000000199. The van der Waals surface area contributed by atoms with E-state index in [0.717, 1.165) is 86.7 Å². The highest BCUT2D eigenvalue weighted by atomic mass is 32.2. The number of carbonyl (C=O) groups is 1. The maximum absolute atomic E-state index is 14.0. The molecule has 0 radical (unpaired) electrons. The predicted octanol–water partition coefficient (Wildman–Crippen LogP) is 36.2. The monoisotopic (exact) mass is 1920 g/mol. The molecule has 15 aromatic carbocycles. The Morgan fingerprint density at radius 3 is 0.688 bits per heavy atom. The van der Waals surface area contributed by atoms with Crippen LogP contribution in [-0.2, 0) is 27.1 Å². The zero-order valence-corrected chi connectivity index (χ0v) is 90.7. The first-order valence-electron chi connectivity index (χ1n) is 48.4. The van der Waals surface area contributed by atoms with E-state index in [1.807, 2.05) is 102 Å². The van der Waals surface area contributed by atoms with Crippen molar-refractivity contribution in [3.8, 4) is 22.6 Å². The minimum Gasteiger partial charge on any atom is -0.457 e. The summed E-state index contributed by atoms with van der Waals surface area (Å²) in [7, 11) is -3.42. The van der Waals surface area contributed by atoms with Crippen molar-refractivity contribution in [1.82, 2.24) is 0 Å². The van der Waals surface area contributed by atoms with Crippen LogP contribution in [0.15, 0.2) is 277 Å². The molecule has 0 spiro atoms. The zero-order chi connectivity index (χ0) is 105. The van der Waals surface area contributed by atoms with Crippen LogP contribution in [0.25, 0.3) is 11.1 Å². The Kier molecular flexibility index (Phi) is 39.2. The van der Waals surface area contributed by atoms with Crippen LogP contribution < -0.4 is 4.74 Å². The first kappa shape index (κ1) is 114. The SMILES string of the molecule is Cc1cc(C)c(C)cc1C.Cc1ccc(-c2ccc(C)c(C)c2)cc1C.Cc1ccc(C(=O)c2ccc(C)c(C)c2)cc1C.Cc1ccc(C(C)(C)c2ccc(C)c(C)c2)cc1C.Cc1ccc(C(c2ccc(C)c(C)c2)(C(F)(F)F)C(F)(F)F)cc1C.Cc1ccc(Cc2ccc(C)c(C)c2)cc1C.Cc1ccc(Oc2ccc(C)c(C)c2)cc1C.Cc1ccc(S(=O)(=O)c2ccc(C)c(C)c2)cc1C. The quantitative estimate of drug-likeness (QED) is 0.0852. The summed E-state index contributed by atoms with van der Waals surface area (Å²) in [5, 5.41) is 0. The van der Waals surface area contributed by atoms with Gasteiger partial charge >= 0.3 is 12.4 Å². The van der Waals surface area contributed by atoms with E-state index in [2.05, 4.69) is 312 Å². The summed E-state index contributed by atoms with van der Waals surface area (Å²) in [5.41, 5.74) is 42.0. The van der Waals surface area contributed by atoms with Crippen LogP contribution in [0.5, 0.6) is 11.5 Å². The average molecular weight is 1920 g/mol. The molecule has 0 heterocycles. The summed E-state index contributed by atoms with van der Waals surface area (Å²) in [6, 6.07) is 85.9. The van der Waals surface area contributed by atoms with Crippen LogP contribution in [0, 0.1) is 222 Å². The molecule has 740 valence electrons. The Labute approximate surface area is 841 Å². The van der Waals surface area contributed by atoms with E-state index in [1.54, 1.807) is 38.1 Å². The average Bonchev–Trinajstić information content (AvgIpc) is 0.711. The number of ether oxygens (including phenoxy) is 1. The summed E-state index contributed by atoms with van der Waals surface area (Å²) in [6.07, 6.45) is -10.1. The Morgan fingerprint density at radius 2 is 0.433 bits per heavy atom. The summed E-state index contributed by atoms with van der Waals surface area (Å²) in [6.45, 7) is 69.9. The van der Waals surface area contributed by atoms with Crippen molar-refractivity contribution in [2.75, 3.05) is 0 Å². The maximum atomic E-state index is 14.0. The van der Waals surface area contributed by atoms with Crippen LogP contribution in [0.2, 0.25) is 0 Å². The van der Waals surface area contributed by atoms with E-state index in [4.69, 9.17) is 4.74 Å². The van der Waals surface area contributed by atoms with Crippen LogP contribution in [-0.4, -0.2) is 26.6 Å². The van der Waals surface area contributed by atoms with Gasteiger partial charge in [-0.1, -0.05) is 220 Å². The molecule has 0 saturated heterocycles. The van der Waals surface area contributed by atoms with Crippen LogP contribution >= 0.6 is 0 Å². The zero-order valence-electron chi connectivity index (χ0n) is 89.9. The topological polar surface area (TPSA) is 60.4 Å². The van der Waals surface area contributed by atoms with Gasteiger partial charge in [-0.3, -0.25) is 4.79 Å². The number of carbonyl (C=O) groups excluding carboxylic acids is 1.